The lowest BCUT2D eigenvalue weighted by atomic mass is 10.1. The molecule has 1 saturated carbocycles. The molecule has 9 heteroatoms. The molecule has 0 unspecified atom stereocenters. The van der Waals surface area contributed by atoms with Gasteiger partial charge in [-0.15, -0.1) is 6.58 Å². The zero-order chi connectivity index (χ0) is 20.9. The molecule has 2 aromatic rings. The smallest absolute Gasteiger partial charge is 0.309 e. The van der Waals surface area contributed by atoms with E-state index in [2.05, 4.69) is 28.1 Å². The number of aliphatic imine (C=N–C) groups is 1. The summed E-state index contributed by atoms with van der Waals surface area (Å²) >= 11 is 1.12. The van der Waals surface area contributed by atoms with Crippen LogP contribution in [0.15, 0.2) is 29.0 Å². The first-order valence-corrected chi connectivity index (χ1v) is 10.3. The number of hydrogen-bond donors (Lipinski definition) is 0. The van der Waals surface area contributed by atoms with E-state index in [9.17, 15) is 4.79 Å². The van der Waals surface area contributed by atoms with Gasteiger partial charge in [0.05, 0.1) is 24.2 Å². The molecule has 4 rings (SSSR count). The third-order valence-corrected chi connectivity index (χ3v) is 6.15. The van der Waals surface area contributed by atoms with Crippen molar-refractivity contribution in [3.05, 3.63) is 34.6 Å². The number of rotatable bonds is 5. The summed E-state index contributed by atoms with van der Waals surface area (Å²) in [6.07, 6.45) is 5.45. The number of thiazole rings is 1. The van der Waals surface area contributed by atoms with E-state index in [0.717, 1.165) is 11.3 Å². The normalized spacial score (nSPS) is 28.1. The van der Waals surface area contributed by atoms with Crippen LogP contribution in [0.1, 0.15) is 32.0 Å². The molecule has 1 aliphatic heterocycles. The van der Waals surface area contributed by atoms with Crippen LogP contribution < -0.4 is 4.87 Å². The molecule has 2 aromatic heterocycles. The van der Waals surface area contributed by atoms with Crippen molar-refractivity contribution < 1.29 is 9.47 Å². The van der Waals surface area contributed by atoms with Gasteiger partial charge in [0.2, 0.25) is 0 Å². The topological polar surface area (TPSA) is 81.8 Å². The summed E-state index contributed by atoms with van der Waals surface area (Å²) in [7, 11) is 3.73. The number of ether oxygens (including phenoxy) is 2. The highest BCUT2D eigenvalue weighted by atomic mass is 32.1. The van der Waals surface area contributed by atoms with Crippen LogP contribution in [-0.2, 0) is 9.47 Å². The molecule has 1 aliphatic carbocycles. The highest BCUT2D eigenvalue weighted by Gasteiger charge is 2.54. The van der Waals surface area contributed by atoms with Crippen molar-refractivity contribution in [3.8, 4) is 0 Å². The Bertz CT molecular complexity index is 1050. The SMILES string of the molecule is C=Cc1nc(N=CN(C)C)nc2c1sc(=O)n2[C@@H]1C[C@H](C=C)[C@H]2OC(C)(C)O[C@H]21. The summed E-state index contributed by atoms with van der Waals surface area (Å²) in [5.74, 6) is -0.320. The molecule has 1 saturated heterocycles. The molecule has 8 nitrogen and oxygen atoms in total. The molecule has 29 heavy (non-hydrogen) atoms. The number of fused-ring (bicyclic) bond motifs is 2. The van der Waals surface area contributed by atoms with E-state index >= 15 is 0 Å². The van der Waals surface area contributed by atoms with Crippen molar-refractivity contribution in [1.29, 1.82) is 0 Å². The van der Waals surface area contributed by atoms with Crippen LogP contribution >= 0.6 is 11.3 Å². The third kappa shape index (κ3) is 3.43. The van der Waals surface area contributed by atoms with Gasteiger partial charge in [-0.05, 0) is 26.3 Å². The Kier molecular flexibility index (Phi) is 4.92. The maximum Gasteiger partial charge on any atom is 0.309 e. The van der Waals surface area contributed by atoms with E-state index in [1.165, 1.54) is 0 Å². The second-order valence-corrected chi connectivity index (χ2v) is 8.94. The van der Waals surface area contributed by atoms with Gasteiger partial charge in [-0.2, -0.15) is 4.98 Å². The van der Waals surface area contributed by atoms with Crippen molar-refractivity contribution in [2.24, 2.45) is 10.9 Å². The Balaban J connectivity index is 1.86. The summed E-state index contributed by atoms with van der Waals surface area (Å²) in [4.78, 5) is 28.0. The van der Waals surface area contributed by atoms with Gasteiger partial charge in [0.1, 0.15) is 10.8 Å². The Morgan fingerprint density at radius 2 is 2.00 bits per heavy atom. The Labute approximate surface area is 173 Å². The van der Waals surface area contributed by atoms with Crippen LogP contribution in [0.2, 0.25) is 0 Å². The number of nitrogens with zero attached hydrogens (tertiary/aromatic N) is 5. The lowest BCUT2D eigenvalue weighted by molar-refractivity contribution is -0.158. The van der Waals surface area contributed by atoms with E-state index < -0.39 is 5.79 Å². The summed E-state index contributed by atoms with van der Waals surface area (Å²) in [6.45, 7) is 11.6. The average Bonchev–Trinajstić information content (AvgIpc) is 3.26. The molecule has 154 valence electrons. The van der Waals surface area contributed by atoms with E-state index in [0.29, 0.717) is 22.5 Å². The van der Waals surface area contributed by atoms with E-state index in [1.807, 2.05) is 34.0 Å². The Morgan fingerprint density at radius 3 is 2.66 bits per heavy atom. The number of aromatic nitrogens is 3. The van der Waals surface area contributed by atoms with Gasteiger partial charge >= 0.3 is 4.87 Å². The third-order valence-electron chi connectivity index (χ3n) is 5.19. The second kappa shape index (κ2) is 7.16. The zero-order valence-corrected chi connectivity index (χ0v) is 17.8. The highest BCUT2D eigenvalue weighted by molar-refractivity contribution is 7.16. The molecule has 2 aliphatic rings. The van der Waals surface area contributed by atoms with Crippen molar-refractivity contribution >= 4 is 40.0 Å². The van der Waals surface area contributed by atoms with Gasteiger partial charge < -0.3 is 14.4 Å². The summed E-state index contributed by atoms with van der Waals surface area (Å²) in [5, 5.41) is 0. The van der Waals surface area contributed by atoms with Gasteiger partial charge in [-0.25, -0.2) is 9.98 Å². The maximum atomic E-state index is 13.0. The summed E-state index contributed by atoms with van der Waals surface area (Å²) < 4.78 is 14.7. The fourth-order valence-corrected chi connectivity index (χ4v) is 5.02. The van der Waals surface area contributed by atoms with Crippen LogP contribution in [0, 0.1) is 5.92 Å². The van der Waals surface area contributed by atoms with Gasteiger partial charge in [0.15, 0.2) is 11.4 Å². The van der Waals surface area contributed by atoms with Crippen LogP contribution in [-0.4, -0.2) is 57.9 Å². The molecule has 0 bridgehead atoms. The molecule has 0 radical (unpaired) electrons. The minimum atomic E-state index is -0.701. The molecule has 2 fully saturated rings. The van der Waals surface area contributed by atoms with Crippen molar-refractivity contribution in [3.63, 3.8) is 0 Å². The van der Waals surface area contributed by atoms with Gasteiger partial charge in [-0.3, -0.25) is 9.36 Å². The van der Waals surface area contributed by atoms with Gasteiger partial charge in [0, 0.05) is 20.0 Å². The monoisotopic (exact) mass is 415 g/mol. The Hall–Kier alpha value is -2.36. The lowest BCUT2D eigenvalue weighted by Crippen LogP contribution is -2.31. The van der Waals surface area contributed by atoms with E-state index in [-0.39, 0.29) is 35.0 Å². The minimum absolute atomic E-state index is 0.0977. The van der Waals surface area contributed by atoms with Gasteiger partial charge in [0.25, 0.3) is 5.95 Å². The molecule has 0 spiro atoms. The van der Waals surface area contributed by atoms with E-state index in [4.69, 9.17) is 9.47 Å². The standard InChI is InChI=1S/C20H25N5O3S/c1-7-11-9-13(15-14(11)27-20(3,4)28-15)25-17-16(29-19(25)26)12(8-2)22-18(23-17)21-10-24(5)6/h7-8,10-11,13-15H,1-2,9H2,3-6H3/t11-,13+,14+,15-/m0/s1. The maximum absolute atomic E-state index is 13.0. The van der Waals surface area contributed by atoms with Crippen LogP contribution in [0.4, 0.5) is 5.95 Å². The van der Waals surface area contributed by atoms with Gasteiger partial charge in [-0.1, -0.05) is 24.0 Å². The lowest BCUT2D eigenvalue weighted by Gasteiger charge is -2.23. The first kappa shape index (κ1) is 19.9. The second-order valence-electron chi connectivity index (χ2n) is 7.98. The van der Waals surface area contributed by atoms with Crippen molar-refractivity contribution in [1.82, 2.24) is 19.4 Å². The van der Waals surface area contributed by atoms with Crippen LogP contribution in [0.5, 0.6) is 0 Å². The average molecular weight is 416 g/mol. The molecule has 0 N–H and O–H groups in total. The highest BCUT2D eigenvalue weighted by Crippen LogP contribution is 2.47. The fourth-order valence-electron chi connectivity index (χ4n) is 4.06. The molecular formula is C20H25N5O3S. The first-order chi connectivity index (χ1) is 13.7. The Morgan fingerprint density at radius 1 is 1.28 bits per heavy atom. The fraction of sp³-hybridized carbons (Fsp3) is 0.500. The molecule has 0 amide bonds. The molecule has 4 atom stereocenters. The molecule has 0 aromatic carbocycles. The van der Waals surface area contributed by atoms with Crippen molar-refractivity contribution in [2.75, 3.05) is 14.1 Å². The zero-order valence-electron chi connectivity index (χ0n) is 17.0. The van der Waals surface area contributed by atoms with Crippen LogP contribution in [0.25, 0.3) is 16.4 Å². The summed E-state index contributed by atoms with van der Waals surface area (Å²) in [6, 6.07) is -0.204. The predicted molar refractivity (Wildman–Crippen MR) is 115 cm³/mol. The largest absolute Gasteiger partial charge is 0.369 e. The minimum Gasteiger partial charge on any atom is -0.369 e. The van der Waals surface area contributed by atoms with E-state index in [1.54, 1.807) is 21.9 Å². The van der Waals surface area contributed by atoms with Crippen LogP contribution in [0.3, 0.4) is 0 Å². The van der Waals surface area contributed by atoms with Crippen molar-refractivity contribution in [2.45, 2.75) is 44.3 Å². The first-order valence-electron chi connectivity index (χ1n) is 9.48. The molecular weight excluding hydrogens is 390 g/mol. The summed E-state index contributed by atoms with van der Waals surface area (Å²) in [5.41, 5.74) is 1.15. The quantitative estimate of drug-likeness (QED) is 0.424. The number of hydrogen-bond acceptors (Lipinski definition) is 7. The molecule has 3 heterocycles. The predicted octanol–water partition coefficient (Wildman–Crippen LogP) is 2.98.